The monoisotopic (exact) mass is 394 g/mol. The van der Waals surface area contributed by atoms with Crippen molar-refractivity contribution < 1.29 is 24.0 Å². The molecule has 2 aliphatic rings. The fourth-order valence-electron chi connectivity index (χ4n) is 4.34. The normalized spacial score (nSPS) is 20.6. The Bertz CT molecular complexity index is 887. The van der Waals surface area contributed by atoms with Gasteiger partial charge in [0.05, 0.1) is 25.6 Å². The van der Waals surface area contributed by atoms with Crippen LogP contribution >= 0.6 is 0 Å². The van der Waals surface area contributed by atoms with Crippen molar-refractivity contribution in [2.75, 3.05) is 13.7 Å². The van der Waals surface area contributed by atoms with E-state index in [0.29, 0.717) is 6.42 Å². The highest BCUT2D eigenvalue weighted by Crippen LogP contribution is 2.36. The topological polar surface area (TPSA) is 58.8 Å². The van der Waals surface area contributed by atoms with Gasteiger partial charge in [0.1, 0.15) is 6.61 Å². The van der Waals surface area contributed by atoms with Crippen LogP contribution in [0.3, 0.4) is 0 Å². The van der Waals surface area contributed by atoms with E-state index in [0.717, 1.165) is 35.5 Å². The first kappa shape index (κ1) is 19.6. The second kappa shape index (κ2) is 8.78. The van der Waals surface area contributed by atoms with Gasteiger partial charge in [-0.15, -0.1) is 0 Å². The maximum Gasteiger partial charge on any atom is 0.388 e. The molecule has 1 aliphatic heterocycles. The number of carbonyl (C=O) groups is 1. The van der Waals surface area contributed by atoms with Crippen LogP contribution in [0.1, 0.15) is 55.2 Å². The predicted octanol–water partition coefficient (Wildman–Crippen LogP) is 3.85. The summed E-state index contributed by atoms with van der Waals surface area (Å²) in [5.41, 5.74) is 1.96. The highest BCUT2D eigenvalue weighted by Gasteiger charge is 2.38. The lowest BCUT2D eigenvalue weighted by atomic mass is 9.98. The molecule has 1 fully saturated rings. The lowest BCUT2D eigenvalue weighted by molar-refractivity contribution is -0.490. The Balaban J connectivity index is 1.60. The number of hydrogen-bond donors (Lipinski definition) is 1. The second-order valence-electron chi connectivity index (χ2n) is 7.80. The predicted molar refractivity (Wildman–Crippen MR) is 111 cm³/mol. The van der Waals surface area contributed by atoms with E-state index >= 15 is 0 Å². The van der Waals surface area contributed by atoms with E-state index in [1.165, 1.54) is 12.8 Å². The van der Waals surface area contributed by atoms with E-state index in [9.17, 15) is 9.90 Å². The maximum atomic E-state index is 12.7. The highest BCUT2D eigenvalue weighted by atomic mass is 16.5. The van der Waals surface area contributed by atoms with E-state index in [-0.39, 0.29) is 30.6 Å². The zero-order valence-corrected chi connectivity index (χ0v) is 16.8. The van der Waals surface area contributed by atoms with Gasteiger partial charge in [-0.2, -0.15) is 4.58 Å². The number of amides is 1. The Labute approximate surface area is 171 Å². The van der Waals surface area contributed by atoms with Gasteiger partial charge in [-0.1, -0.05) is 36.4 Å². The van der Waals surface area contributed by atoms with Crippen molar-refractivity contribution in [2.45, 2.75) is 50.2 Å². The average Bonchev–Trinajstić information content (AvgIpc) is 3.40. The molecule has 4 rings (SSSR count). The molecule has 2 aromatic carbocycles. The zero-order valence-electron chi connectivity index (χ0n) is 16.8. The molecule has 2 atom stereocenters. The lowest BCUT2D eigenvalue weighted by Gasteiger charge is -2.17. The van der Waals surface area contributed by atoms with Crippen LogP contribution in [0.5, 0.6) is 11.5 Å². The second-order valence-corrected chi connectivity index (χ2v) is 7.80. The minimum Gasteiger partial charge on any atom is -0.493 e. The van der Waals surface area contributed by atoms with Crippen molar-refractivity contribution in [2.24, 2.45) is 0 Å². The van der Waals surface area contributed by atoms with Gasteiger partial charge in [-0.3, -0.25) is 0 Å². The summed E-state index contributed by atoms with van der Waals surface area (Å²) in [6.45, 7) is -0.113. The summed E-state index contributed by atoms with van der Waals surface area (Å²) >= 11 is 0. The molecule has 0 bridgehead atoms. The van der Waals surface area contributed by atoms with Crippen LogP contribution in [0, 0.1) is 0 Å². The molecule has 1 heterocycles. The molecule has 0 aromatic heterocycles. The molecule has 5 nitrogen and oxygen atoms in total. The van der Waals surface area contributed by atoms with Gasteiger partial charge in [-0.25, -0.2) is 4.79 Å². The average molecular weight is 394 g/mol. The largest absolute Gasteiger partial charge is 0.493 e. The van der Waals surface area contributed by atoms with Crippen LogP contribution < -0.4 is 9.47 Å². The molecule has 0 radical (unpaired) electrons. The Kier molecular flexibility index (Phi) is 5.95. The van der Waals surface area contributed by atoms with E-state index in [1.807, 2.05) is 54.7 Å². The zero-order chi connectivity index (χ0) is 20.2. The van der Waals surface area contributed by atoms with Crippen molar-refractivity contribution in [3.8, 4) is 11.5 Å². The smallest absolute Gasteiger partial charge is 0.388 e. The first-order valence-corrected chi connectivity index (χ1v) is 10.4. The van der Waals surface area contributed by atoms with Gasteiger partial charge in [-0.05, 0) is 43.4 Å². The van der Waals surface area contributed by atoms with E-state index in [1.54, 1.807) is 11.7 Å². The van der Waals surface area contributed by atoms with Gasteiger partial charge >= 0.3 is 5.91 Å². The van der Waals surface area contributed by atoms with Crippen molar-refractivity contribution in [3.05, 3.63) is 59.7 Å². The van der Waals surface area contributed by atoms with E-state index in [4.69, 9.17) is 9.47 Å². The van der Waals surface area contributed by atoms with Crippen molar-refractivity contribution in [3.63, 3.8) is 0 Å². The summed E-state index contributed by atoms with van der Waals surface area (Å²) in [4.78, 5) is 12.7. The van der Waals surface area contributed by atoms with Gasteiger partial charge in [0, 0.05) is 5.56 Å². The highest BCUT2D eigenvalue weighted by molar-refractivity contribution is 5.85. The third-order valence-corrected chi connectivity index (χ3v) is 5.93. The molecule has 29 heavy (non-hydrogen) atoms. The Morgan fingerprint density at radius 1 is 1.10 bits per heavy atom. The molecular formula is C24H28NO4+. The van der Waals surface area contributed by atoms with Crippen LogP contribution in [0.2, 0.25) is 0 Å². The number of carbonyl (C=O) groups excluding carboxylic acids is 1. The van der Waals surface area contributed by atoms with Crippen LogP contribution in [-0.2, 0) is 4.79 Å². The quantitative estimate of drug-likeness (QED) is 0.725. The van der Waals surface area contributed by atoms with Crippen molar-refractivity contribution >= 4 is 12.1 Å². The van der Waals surface area contributed by atoms with E-state index in [2.05, 4.69) is 0 Å². The van der Waals surface area contributed by atoms with Gasteiger partial charge < -0.3 is 14.6 Å². The molecule has 0 unspecified atom stereocenters. The van der Waals surface area contributed by atoms with Crippen LogP contribution in [0.4, 0.5) is 0 Å². The molecule has 1 aliphatic carbocycles. The number of benzene rings is 2. The summed E-state index contributed by atoms with van der Waals surface area (Å²) < 4.78 is 13.4. The number of aliphatic hydroxyl groups is 1. The number of hydrogen-bond acceptors (Lipinski definition) is 4. The van der Waals surface area contributed by atoms with Crippen LogP contribution in [0.15, 0.2) is 48.5 Å². The lowest BCUT2D eigenvalue weighted by Crippen LogP contribution is -2.24. The fraction of sp³-hybridized carbons (Fsp3) is 0.417. The third-order valence-electron chi connectivity index (χ3n) is 5.93. The van der Waals surface area contributed by atoms with Gasteiger partial charge in [0.2, 0.25) is 6.04 Å². The molecule has 0 spiro atoms. The fourth-order valence-corrected chi connectivity index (χ4v) is 4.34. The number of rotatable bonds is 7. The van der Waals surface area contributed by atoms with Crippen LogP contribution in [-0.4, -0.2) is 41.6 Å². The molecular weight excluding hydrogens is 366 g/mol. The Morgan fingerprint density at radius 2 is 1.86 bits per heavy atom. The molecule has 5 heteroatoms. The molecule has 152 valence electrons. The first-order chi connectivity index (χ1) is 14.2. The van der Waals surface area contributed by atoms with Crippen molar-refractivity contribution in [1.29, 1.82) is 0 Å². The Hall–Kier alpha value is -2.66. The minimum absolute atomic E-state index is 0.0204. The summed E-state index contributed by atoms with van der Waals surface area (Å²) in [6, 6.07) is 15.2. The number of nitrogens with zero attached hydrogens (tertiary/aromatic N) is 1. The first-order valence-electron chi connectivity index (χ1n) is 10.4. The third kappa shape index (κ3) is 4.20. The SMILES string of the molecule is COc1ccc([C@@H]2C=[N+]([C@H](CO)c3ccccc3)C(=O)C2)cc1OC1CCCC1. The van der Waals surface area contributed by atoms with Gasteiger partial charge in [0.25, 0.3) is 0 Å². The van der Waals surface area contributed by atoms with Crippen molar-refractivity contribution in [1.82, 2.24) is 0 Å². The molecule has 1 saturated carbocycles. The summed E-state index contributed by atoms with van der Waals surface area (Å²) in [6.07, 6.45) is 7.12. The Morgan fingerprint density at radius 3 is 2.55 bits per heavy atom. The molecule has 0 saturated heterocycles. The van der Waals surface area contributed by atoms with E-state index < -0.39 is 0 Å². The molecule has 2 aromatic rings. The molecule has 1 amide bonds. The summed E-state index contributed by atoms with van der Waals surface area (Å²) in [7, 11) is 1.65. The maximum absolute atomic E-state index is 12.7. The van der Waals surface area contributed by atoms with Gasteiger partial charge in [0.15, 0.2) is 17.7 Å². The van der Waals surface area contributed by atoms with Crippen LogP contribution in [0.25, 0.3) is 0 Å². The number of ether oxygens (including phenoxy) is 2. The minimum atomic E-state index is -0.360. The number of aliphatic hydroxyl groups excluding tert-OH is 1. The summed E-state index contributed by atoms with van der Waals surface area (Å²) in [5.74, 6) is 1.45. The standard InChI is InChI=1S/C24H28NO4/c1-28-22-12-11-18(13-23(22)29-20-9-5-6-10-20)19-14-24(27)25(15-19)21(16-26)17-7-3-2-4-8-17/h2-4,7-8,11-13,15,19-21,26H,5-6,9-10,14,16H2,1H3/q+1/t19-,21+/m0/s1. The number of methoxy groups -OCH3 is 1. The summed E-state index contributed by atoms with van der Waals surface area (Å²) in [5, 5.41) is 9.94. The molecule has 1 N–H and O–H groups in total.